The Labute approximate surface area is 134 Å². The number of halogens is 1. The molecule has 2 aliphatic heterocycles. The smallest absolute Gasteiger partial charge is 0.363 e. The van der Waals surface area contributed by atoms with Crippen molar-refractivity contribution in [2.24, 2.45) is 4.99 Å². The summed E-state index contributed by atoms with van der Waals surface area (Å²) < 4.78 is 15.7. The van der Waals surface area contributed by atoms with E-state index < -0.39 is 5.97 Å². The van der Waals surface area contributed by atoms with Crippen molar-refractivity contribution in [3.8, 4) is 11.5 Å². The van der Waals surface area contributed by atoms with Gasteiger partial charge in [-0.05, 0) is 35.2 Å². The molecule has 3 heterocycles. The fourth-order valence-corrected chi connectivity index (χ4v) is 3.07. The Morgan fingerprint density at radius 3 is 3.05 bits per heavy atom. The molecule has 4 rings (SSSR count). The van der Waals surface area contributed by atoms with Crippen molar-refractivity contribution in [3.05, 3.63) is 50.8 Å². The number of nitrogens with zero attached hydrogens (tertiary/aromatic N) is 1. The molecule has 0 unspecified atom stereocenters. The molecular formula is C15H8ClNO4S. The normalized spacial score (nSPS) is 17.8. The minimum absolute atomic E-state index is 0.137. The Bertz CT molecular complexity index is 826. The number of esters is 1. The van der Waals surface area contributed by atoms with Crippen LogP contribution in [0.4, 0.5) is 0 Å². The second kappa shape index (κ2) is 5.15. The number of aliphatic imine (C=N–C) groups is 1. The zero-order chi connectivity index (χ0) is 15.1. The molecule has 1 aromatic carbocycles. The molecule has 2 aromatic rings. The molecule has 0 N–H and O–H groups in total. The highest BCUT2D eigenvalue weighted by Gasteiger charge is 2.25. The summed E-state index contributed by atoms with van der Waals surface area (Å²) in [7, 11) is 0. The first-order valence-corrected chi connectivity index (χ1v) is 7.62. The lowest BCUT2D eigenvalue weighted by Crippen LogP contribution is -2.03. The Kier molecular flexibility index (Phi) is 3.13. The third kappa shape index (κ3) is 2.26. The highest BCUT2D eigenvalue weighted by molar-refractivity contribution is 7.12. The number of hydrogen-bond acceptors (Lipinski definition) is 6. The maximum atomic E-state index is 11.9. The fraction of sp³-hybridized carbons (Fsp3) is 0.0667. The molecule has 0 radical (unpaired) electrons. The van der Waals surface area contributed by atoms with E-state index in [2.05, 4.69) is 4.99 Å². The van der Waals surface area contributed by atoms with Gasteiger partial charge in [0.15, 0.2) is 17.2 Å². The van der Waals surface area contributed by atoms with Gasteiger partial charge in [0.1, 0.15) is 0 Å². The second-order valence-corrected chi connectivity index (χ2v) is 5.90. The van der Waals surface area contributed by atoms with E-state index in [1.54, 1.807) is 18.2 Å². The first-order valence-electron chi connectivity index (χ1n) is 6.36. The molecule has 0 saturated carbocycles. The lowest BCUT2D eigenvalue weighted by atomic mass is 10.1. The molecular weight excluding hydrogens is 326 g/mol. The molecule has 110 valence electrons. The third-order valence-electron chi connectivity index (χ3n) is 3.11. The zero-order valence-corrected chi connectivity index (χ0v) is 12.6. The van der Waals surface area contributed by atoms with Crippen LogP contribution < -0.4 is 9.47 Å². The van der Waals surface area contributed by atoms with Crippen LogP contribution in [-0.4, -0.2) is 18.7 Å². The van der Waals surface area contributed by atoms with E-state index in [1.165, 1.54) is 11.3 Å². The number of fused-ring (bicyclic) bond motifs is 1. The number of ether oxygens (including phenoxy) is 3. The maximum absolute atomic E-state index is 11.9. The van der Waals surface area contributed by atoms with Crippen molar-refractivity contribution in [3.63, 3.8) is 0 Å². The van der Waals surface area contributed by atoms with Gasteiger partial charge in [-0.1, -0.05) is 17.7 Å². The third-order valence-corrected chi connectivity index (χ3v) is 4.24. The number of thiophene rings is 1. The summed E-state index contributed by atoms with van der Waals surface area (Å²) in [5.41, 5.74) is 0.913. The van der Waals surface area contributed by atoms with E-state index in [9.17, 15) is 4.79 Å². The summed E-state index contributed by atoms with van der Waals surface area (Å²) in [5.74, 6) is 0.893. The van der Waals surface area contributed by atoms with Crippen molar-refractivity contribution in [1.29, 1.82) is 0 Å². The van der Waals surface area contributed by atoms with Crippen LogP contribution in [0.3, 0.4) is 0 Å². The zero-order valence-electron chi connectivity index (χ0n) is 11.0. The van der Waals surface area contributed by atoms with E-state index in [1.807, 2.05) is 17.5 Å². The monoisotopic (exact) mass is 333 g/mol. The number of rotatable bonds is 2. The van der Waals surface area contributed by atoms with Crippen molar-refractivity contribution < 1.29 is 19.0 Å². The first-order chi connectivity index (χ1) is 10.7. The van der Waals surface area contributed by atoms with Crippen LogP contribution in [0.5, 0.6) is 11.5 Å². The molecule has 0 spiro atoms. The number of hydrogen-bond donors (Lipinski definition) is 0. The predicted molar refractivity (Wildman–Crippen MR) is 82.5 cm³/mol. The van der Waals surface area contributed by atoms with Gasteiger partial charge >= 0.3 is 5.97 Å². The van der Waals surface area contributed by atoms with Gasteiger partial charge in [-0.25, -0.2) is 9.79 Å². The average molecular weight is 334 g/mol. The summed E-state index contributed by atoms with van der Waals surface area (Å²) in [6.45, 7) is 0.137. The van der Waals surface area contributed by atoms with Crippen molar-refractivity contribution in [2.45, 2.75) is 0 Å². The fourth-order valence-electron chi connectivity index (χ4n) is 2.14. The lowest BCUT2D eigenvalue weighted by Gasteiger charge is -2.01. The lowest BCUT2D eigenvalue weighted by molar-refractivity contribution is -0.129. The predicted octanol–water partition coefficient (Wildman–Crippen LogP) is 3.47. The van der Waals surface area contributed by atoms with Crippen molar-refractivity contribution in [1.82, 2.24) is 0 Å². The molecule has 5 nitrogen and oxygen atoms in total. The molecule has 0 amide bonds. The first kappa shape index (κ1) is 13.4. The molecule has 0 saturated heterocycles. The van der Waals surface area contributed by atoms with Crippen LogP contribution >= 0.6 is 22.9 Å². The minimum Gasteiger partial charge on any atom is -0.454 e. The van der Waals surface area contributed by atoms with Crippen LogP contribution in [0.25, 0.3) is 6.08 Å². The number of carbonyl (C=O) groups excluding carboxylic acids is 1. The molecule has 2 aliphatic rings. The molecule has 1 aromatic heterocycles. The summed E-state index contributed by atoms with van der Waals surface area (Å²) in [6, 6.07) is 7.15. The standard InChI is InChI=1S/C15H8ClNO4S/c16-9-4-8(6-11-13(9)20-7-19-11)5-10-15(18)21-14(17-10)12-2-1-3-22-12/h1-6H,7H2/b10-5-. The van der Waals surface area contributed by atoms with E-state index in [0.29, 0.717) is 28.0 Å². The van der Waals surface area contributed by atoms with E-state index in [-0.39, 0.29) is 12.5 Å². The summed E-state index contributed by atoms with van der Waals surface area (Å²) in [5, 5.41) is 2.32. The van der Waals surface area contributed by atoms with Crippen LogP contribution in [0.1, 0.15) is 10.4 Å². The largest absolute Gasteiger partial charge is 0.454 e. The van der Waals surface area contributed by atoms with Crippen LogP contribution in [0.15, 0.2) is 40.3 Å². The maximum Gasteiger partial charge on any atom is 0.363 e. The van der Waals surface area contributed by atoms with E-state index in [0.717, 1.165) is 4.88 Å². The van der Waals surface area contributed by atoms with E-state index in [4.69, 9.17) is 25.8 Å². The Hall–Kier alpha value is -2.31. The minimum atomic E-state index is -0.489. The number of cyclic esters (lactones) is 1. The number of carbonyl (C=O) groups is 1. The second-order valence-electron chi connectivity index (χ2n) is 4.55. The molecule has 0 bridgehead atoms. The van der Waals surface area contributed by atoms with Gasteiger partial charge in [0, 0.05) is 0 Å². The summed E-state index contributed by atoms with van der Waals surface area (Å²) in [4.78, 5) is 17.0. The van der Waals surface area contributed by atoms with Gasteiger partial charge in [-0.2, -0.15) is 0 Å². The molecule has 22 heavy (non-hydrogen) atoms. The Morgan fingerprint density at radius 1 is 1.32 bits per heavy atom. The van der Waals surface area contributed by atoms with E-state index >= 15 is 0 Å². The number of benzene rings is 1. The van der Waals surface area contributed by atoms with Crippen LogP contribution in [0.2, 0.25) is 5.02 Å². The SMILES string of the molecule is O=C1OC(c2cccs2)=N/C1=C\c1cc(Cl)c2c(c1)OCO2. The van der Waals surface area contributed by atoms with Gasteiger partial charge < -0.3 is 14.2 Å². The molecule has 0 fully saturated rings. The van der Waals surface area contributed by atoms with Gasteiger partial charge in [0.05, 0.1) is 9.90 Å². The van der Waals surface area contributed by atoms with Crippen molar-refractivity contribution in [2.75, 3.05) is 6.79 Å². The van der Waals surface area contributed by atoms with Gasteiger partial charge in [-0.3, -0.25) is 0 Å². The molecule has 0 aliphatic carbocycles. The van der Waals surface area contributed by atoms with Crippen molar-refractivity contribution >= 4 is 40.9 Å². The Morgan fingerprint density at radius 2 is 2.23 bits per heavy atom. The summed E-state index contributed by atoms with van der Waals surface area (Å²) in [6.07, 6.45) is 1.61. The van der Waals surface area contributed by atoms with Gasteiger partial charge in [0.25, 0.3) is 0 Å². The quantitative estimate of drug-likeness (QED) is 0.623. The highest BCUT2D eigenvalue weighted by Crippen LogP contribution is 2.40. The van der Waals surface area contributed by atoms with Gasteiger partial charge in [0.2, 0.25) is 12.7 Å². The molecule has 0 atom stereocenters. The summed E-state index contributed by atoms with van der Waals surface area (Å²) >= 11 is 7.58. The average Bonchev–Trinajstić information content (AvgIpc) is 3.20. The highest BCUT2D eigenvalue weighted by atomic mass is 35.5. The topological polar surface area (TPSA) is 57.1 Å². The Balaban J connectivity index is 1.71. The van der Waals surface area contributed by atoms with Crippen LogP contribution in [0, 0.1) is 0 Å². The molecule has 7 heteroatoms. The van der Waals surface area contributed by atoms with Gasteiger partial charge in [-0.15, -0.1) is 11.3 Å². The van der Waals surface area contributed by atoms with Crippen LogP contribution in [-0.2, 0) is 9.53 Å².